The summed E-state index contributed by atoms with van der Waals surface area (Å²) in [5.74, 6) is -0.451. The molecule has 0 unspecified atom stereocenters. The third-order valence-corrected chi connectivity index (χ3v) is 2.33. The van der Waals surface area contributed by atoms with Crippen molar-refractivity contribution in [2.24, 2.45) is 5.73 Å². The van der Waals surface area contributed by atoms with Gasteiger partial charge in [-0.2, -0.15) is 0 Å². The highest BCUT2D eigenvalue weighted by Gasteiger charge is 2.02. The fraction of sp³-hybridized carbons (Fsp3) is 0.333. The molecular weight excluding hydrogens is 254 g/mol. The molecule has 0 atom stereocenters. The smallest absolute Gasteiger partial charge is 0.248 e. The maximum Gasteiger partial charge on any atom is 0.248 e. The van der Waals surface area contributed by atoms with Gasteiger partial charge < -0.3 is 16.4 Å². The first-order valence-corrected chi connectivity index (χ1v) is 5.43. The third kappa shape index (κ3) is 5.65. The normalized spacial score (nSPS) is 9.39. The second-order valence-electron chi connectivity index (χ2n) is 3.69. The van der Waals surface area contributed by atoms with Crippen molar-refractivity contribution in [3.05, 3.63) is 35.4 Å². The molecule has 6 heteroatoms. The summed E-state index contributed by atoms with van der Waals surface area (Å²) < 4.78 is 0. The Bertz CT molecular complexity index is 393. The van der Waals surface area contributed by atoms with Gasteiger partial charge in [-0.15, -0.1) is 12.4 Å². The van der Waals surface area contributed by atoms with Gasteiger partial charge in [0.1, 0.15) is 0 Å². The predicted molar refractivity (Wildman–Crippen MR) is 72.6 cm³/mol. The van der Waals surface area contributed by atoms with E-state index < -0.39 is 5.91 Å². The molecule has 0 saturated heterocycles. The van der Waals surface area contributed by atoms with Crippen LogP contribution in [0.25, 0.3) is 0 Å². The maximum absolute atomic E-state index is 11.3. The number of carbonyl (C=O) groups is 2. The molecule has 0 heterocycles. The molecule has 1 aromatic rings. The number of nitrogens with one attached hydrogen (secondary N) is 2. The van der Waals surface area contributed by atoms with Crippen LogP contribution in [-0.2, 0) is 11.3 Å². The quantitative estimate of drug-likeness (QED) is 0.702. The molecule has 4 N–H and O–H groups in total. The number of hydrogen-bond acceptors (Lipinski definition) is 3. The van der Waals surface area contributed by atoms with Crippen molar-refractivity contribution in [3.8, 4) is 0 Å². The summed E-state index contributed by atoms with van der Waals surface area (Å²) in [6.07, 6.45) is 0.454. The number of primary amides is 1. The van der Waals surface area contributed by atoms with Crippen LogP contribution < -0.4 is 16.4 Å². The maximum atomic E-state index is 11.3. The van der Waals surface area contributed by atoms with E-state index in [1.54, 1.807) is 31.3 Å². The molecule has 0 aliphatic rings. The van der Waals surface area contributed by atoms with Gasteiger partial charge >= 0.3 is 0 Å². The number of carbonyl (C=O) groups excluding carboxylic acids is 2. The third-order valence-electron chi connectivity index (χ3n) is 2.33. The fourth-order valence-corrected chi connectivity index (χ4v) is 1.31. The van der Waals surface area contributed by atoms with Gasteiger partial charge in [-0.25, -0.2) is 0 Å². The van der Waals surface area contributed by atoms with E-state index in [1.165, 1.54) is 0 Å². The lowest BCUT2D eigenvalue weighted by Gasteiger charge is -2.05. The van der Waals surface area contributed by atoms with Crippen molar-refractivity contribution in [2.45, 2.75) is 13.0 Å². The van der Waals surface area contributed by atoms with Crippen LogP contribution in [0.2, 0.25) is 0 Å². The van der Waals surface area contributed by atoms with Crippen LogP contribution in [0.3, 0.4) is 0 Å². The Kier molecular flexibility index (Phi) is 7.74. The second-order valence-corrected chi connectivity index (χ2v) is 3.69. The Morgan fingerprint density at radius 2 is 1.83 bits per heavy atom. The molecular formula is C12H18ClN3O2. The predicted octanol–water partition coefficient (Wildman–Crippen LogP) is 0.433. The molecule has 0 fully saturated rings. The first kappa shape index (κ1) is 16.4. The van der Waals surface area contributed by atoms with E-state index in [-0.39, 0.29) is 18.3 Å². The topological polar surface area (TPSA) is 84.2 Å². The number of hydrogen-bond donors (Lipinski definition) is 3. The van der Waals surface area contributed by atoms with Gasteiger partial charge in [-0.05, 0) is 24.7 Å². The summed E-state index contributed by atoms with van der Waals surface area (Å²) in [4.78, 5) is 22.2. The molecule has 0 bridgehead atoms. The largest absolute Gasteiger partial charge is 0.366 e. The molecule has 1 aromatic carbocycles. The van der Waals surface area contributed by atoms with E-state index >= 15 is 0 Å². The summed E-state index contributed by atoms with van der Waals surface area (Å²) in [5, 5.41) is 5.69. The van der Waals surface area contributed by atoms with E-state index in [0.717, 1.165) is 5.56 Å². The fourth-order valence-electron chi connectivity index (χ4n) is 1.31. The second kappa shape index (κ2) is 8.49. The molecule has 18 heavy (non-hydrogen) atoms. The van der Waals surface area contributed by atoms with E-state index in [9.17, 15) is 9.59 Å². The van der Waals surface area contributed by atoms with E-state index in [4.69, 9.17) is 5.73 Å². The van der Waals surface area contributed by atoms with Crippen molar-refractivity contribution in [1.29, 1.82) is 0 Å². The number of halogens is 1. The Morgan fingerprint density at radius 3 is 2.33 bits per heavy atom. The van der Waals surface area contributed by atoms with Crippen molar-refractivity contribution in [3.63, 3.8) is 0 Å². The number of rotatable bonds is 6. The zero-order chi connectivity index (χ0) is 12.7. The van der Waals surface area contributed by atoms with Crippen molar-refractivity contribution in [1.82, 2.24) is 10.6 Å². The molecule has 2 amide bonds. The van der Waals surface area contributed by atoms with Crippen LogP contribution >= 0.6 is 12.4 Å². The van der Waals surface area contributed by atoms with Crippen LogP contribution in [-0.4, -0.2) is 25.4 Å². The minimum atomic E-state index is -0.449. The highest BCUT2D eigenvalue weighted by atomic mass is 35.5. The summed E-state index contributed by atoms with van der Waals surface area (Å²) in [7, 11) is 1.80. The van der Waals surface area contributed by atoms with Crippen molar-refractivity contribution < 1.29 is 9.59 Å². The molecule has 5 nitrogen and oxygen atoms in total. The van der Waals surface area contributed by atoms with Gasteiger partial charge in [-0.3, -0.25) is 9.59 Å². The van der Waals surface area contributed by atoms with Crippen LogP contribution in [0.4, 0.5) is 0 Å². The molecule has 0 aliphatic carbocycles. The Morgan fingerprint density at radius 1 is 1.22 bits per heavy atom. The van der Waals surface area contributed by atoms with Crippen LogP contribution in [0.15, 0.2) is 24.3 Å². The Balaban J connectivity index is 0.00000289. The first-order valence-electron chi connectivity index (χ1n) is 5.43. The number of benzene rings is 1. The van der Waals surface area contributed by atoms with Crippen molar-refractivity contribution in [2.75, 3.05) is 13.6 Å². The van der Waals surface area contributed by atoms with Crippen molar-refractivity contribution >= 4 is 24.2 Å². The number of amides is 2. The minimum absolute atomic E-state index is 0. The summed E-state index contributed by atoms with van der Waals surface area (Å²) in [5.41, 5.74) is 6.53. The van der Waals surface area contributed by atoms with Gasteiger partial charge in [0.15, 0.2) is 0 Å². The van der Waals surface area contributed by atoms with Gasteiger partial charge in [0, 0.05) is 25.1 Å². The van der Waals surface area contributed by atoms with Crippen LogP contribution in [0, 0.1) is 0 Å². The summed E-state index contributed by atoms with van der Waals surface area (Å²) >= 11 is 0. The minimum Gasteiger partial charge on any atom is -0.366 e. The molecule has 0 aliphatic heterocycles. The van der Waals surface area contributed by atoms with Gasteiger partial charge in [0.05, 0.1) is 0 Å². The molecule has 1 rings (SSSR count). The van der Waals surface area contributed by atoms with Gasteiger partial charge in [0.25, 0.3) is 0 Å². The lowest BCUT2D eigenvalue weighted by Crippen LogP contribution is -2.26. The zero-order valence-corrected chi connectivity index (χ0v) is 11.0. The number of nitrogens with two attached hydrogens (primary N) is 1. The highest BCUT2D eigenvalue weighted by Crippen LogP contribution is 2.03. The SMILES string of the molecule is CNCCC(=O)NCc1ccc(C(N)=O)cc1.Cl. The molecule has 0 spiro atoms. The summed E-state index contributed by atoms with van der Waals surface area (Å²) in [6, 6.07) is 6.85. The molecule has 0 aromatic heterocycles. The Labute approximate surface area is 113 Å². The van der Waals surface area contributed by atoms with Gasteiger partial charge in [0.2, 0.25) is 11.8 Å². The standard InChI is InChI=1S/C12H17N3O2.ClH/c1-14-7-6-11(16)15-8-9-2-4-10(5-3-9)12(13)17;/h2-5,14H,6-8H2,1H3,(H2,13,17)(H,15,16);1H. The average Bonchev–Trinajstić information content (AvgIpc) is 2.34. The van der Waals surface area contributed by atoms with E-state index in [2.05, 4.69) is 10.6 Å². The first-order chi connectivity index (χ1) is 8.13. The molecule has 0 radical (unpaired) electrons. The zero-order valence-electron chi connectivity index (χ0n) is 10.2. The lowest BCUT2D eigenvalue weighted by atomic mass is 10.1. The van der Waals surface area contributed by atoms with Crippen LogP contribution in [0.5, 0.6) is 0 Å². The van der Waals surface area contributed by atoms with Gasteiger partial charge in [-0.1, -0.05) is 12.1 Å². The molecule has 100 valence electrons. The van der Waals surface area contributed by atoms with Crippen LogP contribution in [0.1, 0.15) is 22.3 Å². The summed E-state index contributed by atoms with van der Waals surface area (Å²) in [6.45, 7) is 1.12. The van der Waals surface area contributed by atoms with E-state index in [1.807, 2.05) is 0 Å². The monoisotopic (exact) mass is 271 g/mol. The lowest BCUT2D eigenvalue weighted by molar-refractivity contribution is -0.121. The average molecular weight is 272 g/mol. The highest BCUT2D eigenvalue weighted by molar-refractivity contribution is 5.92. The Hall–Kier alpha value is -1.59. The van der Waals surface area contributed by atoms with E-state index in [0.29, 0.717) is 25.1 Å². The molecule has 0 saturated carbocycles.